The minimum atomic E-state index is -4.29. The van der Waals surface area contributed by atoms with Gasteiger partial charge in [0.2, 0.25) is 0 Å². The van der Waals surface area contributed by atoms with Gasteiger partial charge < -0.3 is 47.4 Å². The lowest BCUT2D eigenvalue weighted by molar-refractivity contribution is -0.273. The average Bonchev–Trinajstić information content (AvgIpc) is 3.58. The zero-order chi connectivity index (χ0) is 52.9. The van der Waals surface area contributed by atoms with Crippen LogP contribution in [0.2, 0.25) is 0 Å². The van der Waals surface area contributed by atoms with E-state index in [2.05, 4.69) is 9.47 Å². The molecule has 66 heavy (non-hydrogen) atoms. The highest BCUT2D eigenvalue weighted by Gasteiger charge is 2.42. The molecule has 2 saturated heterocycles. The Kier molecular flexibility index (Phi) is 31.6. The highest BCUT2D eigenvalue weighted by Crippen LogP contribution is 2.33. The molecule has 0 aromatic carbocycles. The smallest absolute Gasteiger partial charge is 0.356 e. The molecule has 402 valence electrons. The van der Waals surface area contributed by atoms with E-state index >= 15 is 0 Å². The molecule has 2 aliphatic rings. The number of halogens is 15. The molecule has 10 nitrogen and oxygen atoms in total. The van der Waals surface area contributed by atoms with Crippen LogP contribution in [0.25, 0.3) is 0 Å². The minimum Gasteiger partial charge on any atom is -0.356 e. The second-order valence-corrected chi connectivity index (χ2v) is 17.4. The quantitative estimate of drug-likeness (QED) is 0.117. The Hall–Kier alpha value is -1.45. The first kappa shape index (κ1) is 68.8. The highest BCUT2D eigenvalue weighted by molar-refractivity contribution is 4.76. The summed E-state index contributed by atoms with van der Waals surface area (Å²) in [4.78, 5) is 0. The fourth-order valence-electron chi connectivity index (χ4n) is 5.08. The van der Waals surface area contributed by atoms with E-state index in [9.17, 15) is 65.9 Å². The zero-order valence-electron chi connectivity index (χ0n) is 40.6. The van der Waals surface area contributed by atoms with Crippen LogP contribution in [0.5, 0.6) is 0 Å². The highest BCUT2D eigenvalue weighted by atomic mass is 19.4. The van der Waals surface area contributed by atoms with Crippen molar-refractivity contribution in [3.05, 3.63) is 0 Å². The van der Waals surface area contributed by atoms with Crippen LogP contribution in [0.15, 0.2) is 0 Å². The van der Waals surface area contributed by atoms with Crippen molar-refractivity contribution in [2.45, 2.75) is 252 Å². The van der Waals surface area contributed by atoms with Crippen LogP contribution in [0.4, 0.5) is 65.9 Å². The van der Waals surface area contributed by atoms with Crippen LogP contribution in [0.1, 0.15) is 142 Å². The molecule has 0 aromatic heterocycles. The van der Waals surface area contributed by atoms with Gasteiger partial charge in [0.25, 0.3) is 0 Å². The zero-order valence-corrected chi connectivity index (χ0v) is 40.6. The van der Waals surface area contributed by atoms with E-state index in [1.54, 1.807) is 83.1 Å². The van der Waals surface area contributed by atoms with Crippen LogP contribution in [-0.4, -0.2) is 124 Å². The normalized spacial score (nSPS) is 22.2. The van der Waals surface area contributed by atoms with E-state index in [4.69, 9.17) is 37.9 Å². The molecule has 2 heterocycles. The standard InChI is InChI=1S/C11H21F3O2.C9H15F3O2.C9H17F3O2.C7H11F3O2.C5H9F3O2/c1-9(2,3)15-8(7-11(12,13)14)16-10(4,5)6;1-3-6-7(4-2)14-8(13-6)5-9(10,11)12;1-6(2)13-8(14-7(3)4)5-9(10,11)12;1-4-5(2)12-6(11-4)3-7(8,9)10;1-9-4(10-2)3-5(6,7)8/h8H,7H2,1-6H3;6-8H,3-5H2,1-2H3;6-8H,5H2,1-4H3;4-6H,3H2,1-2H3;4H,3H2,1-2H3. The van der Waals surface area contributed by atoms with Gasteiger partial charge in [-0.2, -0.15) is 65.9 Å². The lowest BCUT2D eigenvalue weighted by Gasteiger charge is -2.33. The first-order chi connectivity index (χ1) is 29.3. The molecule has 0 N–H and O–H groups in total. The Morgan fingerprint density at radius 1 is 0.424 bits per heavy atom. The average molecular weight is 1010 g/mol. The fourth-order valence-corrected chi connectivity index (χ4v) is 5.08. The fraction of sp³-hybridized carbons (Fsp3) is 1.00. The van der Waals surface area contributed by atoms with Gasteiger partial charge in [-0.3, -0.25) is 0 Å². The van der Waals surface area contributed by atoms with Crippen LogP contribution < -0.4 is 0 Å². The van der Waals surface area contributed by atoms with Crippen molar-refractivity contribution >= 4 is 0 Å². The number of ether oxygens (including phenoxy) is 10. The van der Waals surface area contributed by atoms with Crippen molar-refractivity contribution in [3.63, 3.8) is 0 Å². The number of hydrogen-bond acceptors (Lipinski definition) is 10. The molecule has 0 saturated carbocycles. The van der Waals surface area contributed by atoms with Crippen LogP contribution >= 0.6 is 0 Å². The van der Waals surface area contributed by atoms with Crippen molar-refractivity contribution in [2.75, 3.05) is 14.2 Å². The molecule has 2 aliphatic heterocycles. The summed E-state index contributed by atoms with van der Waals surface area (Å²) >= 11 is 0. The predicted molar refractivity (Wildman–Crippen MR) is 212 cm³/mol. The van der Waals surface area contributed by atoms with Crippen molar-refractivity contribution in [1.29, 1.82) is 0 Å². The van der Waals surface area contributed by atoms with E-state index in [0.29, 0.717) is 12.8 Å². The second kappa shape index (κ2) is 30.3. The third kappa shape index (κ3) is 43.8. The summed E-state index contributed by atoms with van der Waals surface area (Å²) in [7, 11) is 2.33. The van der Waals surface area contributed by atoms with Gasteiger partial charge >= 0.3 is 30.9 Å². The minimum absolute atomic E-state index is 0.188. The SMILES string of the molecule is CC(C)(C)OC(CC(F)(F)F)OC(C)(C)C.CC(C)OC(CC(F)(F)F)OC(C)C.CC1OC(CC(F)(F)F)OC1C.CCC1OC(CC(F)(F)F)OC1CC.COC(CC(F)(F)F)OC. The molecule has 0 aliphatic carbocycles. The summed E-state index contributed by atoms with van der Waals surface area (Å²) in [6.45, 7) is 24.0. The second-order valence-electron chi connectivity index (χ2n) is 17.4. The Balaban J connectivity index is -0.000000757. The van der Waals surface area contributed by atoms with Crippen molar-refractivity contribution in [1.82, 2.24) is 0 Å². The van der Waals surface area contributed by atoms with Crippen molar-refractivity contribution in [2.24, 2.45) is 0 Å². The molecule has 4 atom stereocenters. The monoisotopic (exact) mass is 1010 g/mol. The molecular formula is C41H73F15O10. The lowest BCUT2D eigenvalue weighted by Crippen LogP contribution is -2.37. The number of alkyl halides is 15. The van der Waals surface area contributed by atoms with Crippen LogP contribution in [0.3, 0.4) is 0 Å². The maximum absolute atomic E-state index is 12.3. The summed E-state index contributed by atoms with van der Waals surface area (Å²) in [6, 6.07) is 0. The molecule has 0 spiro atoms. The molecular weight excluding hydrogens is 937 g/mol. The first-order valence-corrected chi connectivity index (χ1v) is 21.0. The number of rotatable bonds is 15. The van der Waals surface area contributed by atoms with Gasteiger partial charge in [0.1, 0.15) is 0 Å². The summed E-state index contributed by atoms with van der Waals surface area (Å²) < 4.78 is 228. The Labute approximate surface area is 379 Å². The predicted octanol–water partition coefficient (Wildman–Crippen LogP) is 13.5. The van der Waals surface area contributed by atoms with Gasteiger partial charge in [-0.15, -0.1) is 0 Å². The lowest BCUT2D eigenvalue weighted by atomic mass is 10.1. The molecule has 0 amide bonds. The molecule has 25 heteroatoms. The van der Waals surface area contributed by atoms with Crippen molar-refractivity contribution in [3.8, 4) is 0 Å². The topological polar surface area (TPSA) is 92.3 Å². The molecule has 2 rings (SSSR count). The summed E-state index contributed by atoms with van der Waals surface area (Å²) in [5.74, 6) is 0. The van der Waals surface area contributed by atoms with Crippen molar-refractivity contribution < 1.29 is 113 Å². The largest absolute Gasteiger partial charge is 0.393 e. The van der Waals surface area contributed by atoms with Gasteiger partial charge in [-0.05, 0) is 95.9 Å². The van der Waals surface area contributed by atoms with Gasteiger partial charge in [-0.25, -0.2) is 0 Å². The molecule has 0 aromatic rings. The molecule has 2 fully saturated rings. The third-order valence-corrected chi connectivity index (χ3v) is 7.60. The summed E-state index contributed by atoms with van der Waals surface area (Å²) in [5, 5.41) is 0. The van der Waals surface area contributed by atoms with Gasteiger partial charge in [0.15, 0.2) is 31.5 Å². The van der Waals surface area contributed by atoms with Gasteiger partial charge in [-0.1, -0.05) is 13.8 Å². The Morgan fingerprint density at radius 3 is 0.909 bits per heavy atom. The third-order valence-electron chi connectivity index (χ3n) is 7.60. The number of methoxy groups -OCH3 is 2. The summed E-state index contributed by atoms with van der Waals surface area (Å²) in [5.41, 5.74) is -1.33. The number of hydrogen-bond donors (Lipinski definition) is 0. The van der Waals surface area contributed by atoms with Crippen LogP contribution in [-0.2, 0) is 47.4 Å². The van der Waals surface area contributed by atoms with Gasteiger partial charge in [0, 0.05) is 14.2 Å². The van der Waals surface area contributed by atoms with Crippen LogP contribution in [0, 0.1) is 0 Å². The van der Waals surface area contributed by atoms with E-state index < -0.39 is 106 Å². The Bertz CT molecular complexity index is 1140. The van der Waals surface area contributed by atoms with E-state index in [1.807, 2.05) is 13.8 Å². The molecule has 0 radical (unpaired) electrons. The van der Waals surface area contributed by atoms with Gasteiger partial charge in [0.05, 0.1) is 79.9 Å². The molecule has 4 unspecified atom stereocenters. The molecule has 0 bridgehead atoms. The van der Waals surface area contributed by atoms with E-state index in [1.165, 1.54) is 14.2 Å². The van der Waals surface area contributed by atoms with E-state index in [0.717, 1.165) is 0 Å². The van der Waals surface area contributed by atoms with E-state index in [-0.39, 0.29) is 36.6 Å². The maximum atomic E-state index is 12.3. The summed E-state index contributed by atoms with van der Waals surface area (Å²) in [6.07, 6.45) is -32.4. The maximum Gasteiger partial charge on any atom is 0.393 e. The first-order valence-electron chi connectivity index (χ1n) is 21.0. The Morgan fingerprint density at radius 2 is 0.697 bits per heavy atom.